The summed E-state index contributed by atoms with van der Waals surface area (Å²) >= 11 is 3.23. The zero-order valence-electron chi connectivity index (χ0n) is 7.91. The minimum Gasteiger partial charge on any atom is -0.282 e. The number of halogens is 1. The van der Waals surface area contributed by atoms with Gasteiger partial charge in [0.15, 0.2) is 0 Å². The Morgan fingerprint density at radius 3 is 2.64 bits per heavy atom. The molecule has 0 atom stereocenters. The first-order valence-corrected chi connectivity index (χ1v) is 6.74. The van der Waals surface area contributed by atoms with E-state index in [1.807, 2.05) is 6.92 Å². The number of sulfonamides is 1. The zero-order chi connectivity index (χ0) is 10.8. The van der Waals surface area contributed by atoms with E-state index in [1.165, 1.54) is 0 Å². The molecule has 0 unspecified atom stereocenters. The SMILES string of the molecule is CCc1nc(Br)ccc1NS(C)(=O)=O. The second-order valence-corrected chi connectivity index (χ2v) is 5.42. The maximum Gasteiger partial charge on any atom is 0.229 e. The Morgan fingerprint density at radius 1 is 1.50 bits per heavy atom. The van der Waals surface area contributed by atoms with E-state index in [0.29, 0.717) is 16.7 Å². The average molecular weight is 279 g/mol. The second-order valence-electron chi connectivity index (χ2n) is 2.86. The monoisotopic (exact) mass is 278 g/mol. The number of nitrogens with zero attached hydrogens (tertiary/aromatic N) is 1. The quantitative estimate of drug-likeness (QED) is 0.858. The molecule has 1 aromatic rings. The van der Waals surface area contributed by atoms with Gasteiger partial charge >= 0.3 is 0 Å². The van der Waals surface area contributed by atoms with Crippen LogP contribution in [-0.4, -0.2) is 19.7 Å². The lowest BCUT2D eigenvalue weighted by molar-refractivity contribution is 0.606. The number of anilines is 1. The van der Waals surface area contributed by atoms with E-state index < -0.39 is 10.0 Å². The molecular formula is C8H11BrN2O2S. The Kier molecular flexibility index (Phi) is 3.49. The van der Waals surface area contributed by atoms with Crippen molar-refractivity contribution in [2.45, 2.75) is 13.3 Å². The van der Waals surface area contributed by atoms with Crippen molar-refractivity contribution in [3.63, 3.8) is 0 Å². The van der Waals surface area contributed by atoms with Crippen LogP contribution < -0.4 is 4.72 Å². The van der Waals surface area contributed by atoms with E-state index in [0.717, 1.165) is 11.9 Å². The molecular weight excluding hydrogens is 268 g/mol. The predicted octanol–water partition coefficient (Wildman–Crippen LogP) is 1.78. The van der Waals surface area contributed by atoms with E-state index in [1.54, 1.807) is 12.1 Å². The molecule has 78 valence electrons. The van der Waals surface area contributed by atoms with Crippen LogP contribution in [0.4, 0.5) is 5.69 Å². The second kappa shape index (κ2) is 4.27. The molecule has 6 heteroatoms. The maximum atomic E-state index is 11.0. The molecule has 0 amide bonds. The minimum absolute atomic E-state index is 0.540. The van der Waals surface area contributed by atoms with Crippen molar-refractivity contribution >= 4 is 31.6 Å². The van der Waals surface area contributed by atoms with Crippen molar-refractivity contribution in [2.75, 3.05) is 11.0 Å². The molecule has 0 saturated carbocycles. The number of pyridine rings is 1. The fourth-order valence-corrected chi connectivity index (χ4v) is 1.97. The van der Waals surface area contributed by atoms with Gasteiger partial charge in [0, 0.05) is 0 Å². The third kappa shape index (κ3) is 3.26. The largest absolute Gasteiger partial charge is 0.282 e. The van der Waals surface area contributed by atoms with Crippen LogP contribution in [0.2, 0.25) is 0 Å². The first kappa shape index (κ1) is 11.5. The Morgan fingerprint density at radius 2 is 2.14 bits per heavy atom. The fraction of sp³-hybridized carbons (Fsp3) is 0.375. The number of aromatic nitrogens is 1. The Bertz CT molecular complexity index is 431. The molecule has 14 heavy (non-hydrogen) atoms. The summed E-state index contributed by atoms with van der Waals surface area (Å²) in [5.74, 6) is 0. The van der Waals surface area contributed by atoms with Crippen molar-refractivity contribution in [3.8, 4) is 0 Å². The van der Waals surface area contributed by atoms with E-state index >= 15 is 0 Å². The normalized spacial score (nSPS) is 11.4. The highest BCUT2D eigenvalue weighted by Gasteiger charge is 2.07. The molecule has 0 aliphatic carbocycles. The molecule has 0 spiro atoms. The Labute approximate surface area is 91.9 Å². The summed E-state index contributed by atoms with van der Waals surface area (Å²) in [4.78, 5) is 4.17. The number of hydrogen-bond acceptors (Lipinski definition) is 3. The molecule has 0 aliphatic heterocycles. The van der Waals surface area contributed by atoms with Gasteiger partial charge in [-0.15, -0.1) is 0 Å². The van der Waals surface area contributed by atoms with Crippen LogP contribution in [0.3, 0.4) is 0 Å². The third-order valence-electron chi connectivity index (χ3n) is 1.57. The van der Waals surface area contributed by atoms with Crippen molar-refractivity contribution in [2.24, 2.45) is 0 Å². The summed E-state index contributed by atoms with van der Waals surface area (Å²) in [5.41, 5.74) is 1.27. The van der Waals surface area contributed by atoms with Crippen molar-refractivity contribution in [3.05, 3.63) is 22.4 Å². The van der Waals surface area contributed by atoms with Gasteiger partial charge in [-0.1, -0.05) is 6.92 Å². The third-order valence-corrected chi connectivity index (χ3v) is 2.60. The van der Waals surface area contributed by atoms with Gasteiger partial charge in [-0.2, -0.15) is 0 Å². The number of nitrogens with one attached hydrogen (secondary N) is 1. The van der Waals surface area contributed by atoms with Crippen LogP contribution in [0.25, 0.3) is 0 Å². The lowest BCUT2D eigenvalue weighted by Crippen LogP contribution is -2.11. The summed E-state index contributed by atoms with van der Waals surface area (Å²) in [6.07, 6.45) is 1.80. The molecule has 1 N–H and O–H groups in total. The van der Waals surface area contributed by atoms with Gasteiger partial charge in [-0.3, -0.25) is 4.72 Å². The number of aryl methyl sites for hydroxylation is 1. The van der Waals surface area contributed by atoms with E-state index in [4.69, 9.17) is 0 Å². The van der Waals surface area contributed by atoms with Crippen LogP contribution in [0.1, 0.15) is 12.6 Å². The maximum absolute atomic E-state index is 11.0. The molecule has 0 aromatic carbocycles. The first-order valence-electron chi connectivity index (χ1n) is 4.05. The first-order chi connectivity index (χ1) is 6.42. The van der Waals surface area contributed by atoms with Crippen LogP contribution in [0, 0.1) is 0 Å². The molecule has 0 aliphatic rings. The summed E-state index contributed by atoms with van der Waals surface area (Å²) in [6, 6.07) is 3.39. The van der Waals surface area contributed by atoms with Gasteiger partial charge in [-0.25, -0.2) is 13.4 Å². The van der Waals surface area contributed by atoms with Gasteiger partial charge in [0.1, 0.15) is 4.60 Å². The van der Waals surface area contributed by atoms with Gasteiger partial charge in [0.25, 0.3) is 0 Å². The summed E-state index contributed by atoms with van der Waals surface area (Å²) in [5, 5.41) is 0. The zero-order valence-corrected chi connectivity index (χ0v) is 10.3. The molecule has 1 rings (SSSR count). The molecule has 0 radical (unpaired) electrons. The molecule has 4 nitrogen and oxygen atoms in total. The summed E-state index contributed by atoms with van der Waals surface area (Å²) in [7, 11) is -3.23. The van der Waals surface area contributed by atoms with E-state index in [-0.39, 0.29) is 0 Å². The Balaban J connectivity index is 3.09. The van der Waals surface area contributed by atoms with Crippen molar-refractivity contribution in [1.82, 2.24) is 4.98 Å². The van der Waals surface area contributed by atoms with Crippen molar-refractivity contribution < 1.29 is 8.42 Å². The lowest BCUT2D eigenvalue weighted by atomic mass is 10.2. The van der Waals surface area contributed by atoms with Crippen LogP contribution in [-0.2, 0) is 16.4 Å². The summed E-state index contributed by atoms with van der Waals surface area (Å²) in [6.45, 7) is 1.92. The number of rotatable bonds is 3. The van der Waals surface area contributed by atoms with E-state index in [2.05, 4.69) is 25.6 Å². The molecule has 0 saturated heterocycles. The fourth-order valence-electron chi connectivity index (χ4n) is 1.04. The standard InChI is InChI=1S/C8H11BrN2O2S/c1-3-6-7(11-14(2,12)13)4-5-8(9)10-6/h4-5,11H,3H2,1-2H3. The summed E-state index contributed by atoms with van der Waals surface area (Å²) < 4.78 is 25.1. The van der Waals surface area contributed by atoms with Gasteiger partial charge in [0.2, 0.25) is 10.0 Å². The van der Waals surface area contributed by atoms with Gasteiger partial charge < -0.3 is 0 Å². The van der Waals surface area contributed by atoms with Crippen LogP contribution in [0.5, 0.6) is 0 Å². The van der Waals surface area contributed by atoms with Gasteiger partial charge in [-0.05, 0) is 34.5 Å². The number of hydrogen-bond donors (Lipinski definition) is 1. The lowest BCUT2D eigenvalue weighted by Gasteiger charge is -2.08. The highest BCUT2D eigenvalue weighted by molar-refractivity contribution is 9.10. The highest BCUT2D eigenvalue weighted by Crippen LogP contribution is 2.18. The van der Waals surface area contributed by atoms with Crippen molar-refractivity contribution in [1.29, 1.82) is 0 Å². The minimum atomic E-state index is -3.23. The molecule has 1 aromatic heterocycles. The molecule has 1 heterocycles. The van der Waals surface area contributed by atoms with E-state index in [9.17, 15) is 8.42 Å². The highest BCUT2D eigenvalue weighted by atomic mass is 79.9. The topological polar surface area (TPSA) is 59.1 Å². The van der Waals surface area contributed by atoms with Crippen LogP contribution in [0.15, 0.2) is 16.7 Å². The Hall–Kier alpha value is -0.620. The van der Waals surface area contributed by atoms with Gasteiger partial charge in [0.05, 0.1) is 17.6 Å². The predicted molar refractivity (Wildman–Crippen MR) is 59.8 cm³/mol. The smallest absolute Gasteiger partial charge is 0.229 e. The molecule has 0 fully saturated rings. The average Bonchev–Trinajstić information content (AvgIpc) is 2.06. The molecule has 0 bridgehead atoms. The van der Waals surface area contributed by atoms with Crippen LogP contribution >= 0.6 is 15.9 Å².